The number of fused-ring (bicyclic) bond motifs is 1. The zero-order valence-corrected chi connectivity index (χ0v) is 16.8. The molecule has 1 aliphatic heterocycles. The molecule has 7 nitrogen and oxygen atoms in total. The standard InChI is InChI=1S/C23H22N6O/c1-16-19-6-2-3-7-20(19)23(26-25-16)28-14-4-5-18(28)15-29-22(30)9-8-21(27-29)17-10-12-24-13-11-17/h2-3,6-13,18H,4-5,14-15H2,1H3. The SMILES string of the molecule is Cc1nnc(N2CCCC2Cn2nc(-c3ccncc3)ccc2=O)c2ccccc12. The summed E-state index contributed by atoms with van der Waals surface area (Å²) in [6.45, 7) is 3.39. The van der Waals surface area contributed by atoms with Gasteiger partial charge in [-0.15, -0.1) is 5.10 Å². The van der Waals surface area contributed by atoms with Crippen molar-refractivity contribution in [1.82, 2.24) is 25.0 Å². The monoisotopic (exact) mass is 398 g/mol. The van der Waals surface area contributed by atoms with Crippen molar-refractivity contribution >= 4 is 16.6 Å². The highest BCUT2D eigenvalue weighted by Crippen LogP contribution is 2.31. The molecule has 1 saturated heterocycles. The molecule has 30 heavy (non-hydrogen) atoms. The van der Waals surface area contributed by atoms with Gasteiger partial charge in [0.05, 0.1) is 24.0 Å². The fourth-order valence-corrected chi connectivity index (χ4v) is 4.20. The van der Waals surface area contributed by atoms with Gasteiger partial charge in [0.1, 0.15) is 0 Å². The van der Waals surface area contributed by atoms with E-state index in [0.717, 1.165) is 52.9 Å². The summed E-state index contributed by atoms with van der Waals surface area (Å²) in [6, 6.07) is 15.5. The highest BCUT2D eigenvalue weighted by molar-refractivity contribution is 5.93. The molecule has 1 aliphatic rings. The molecule has 0 spiro atoms. The van der Waals surface area contributed by atoms with E-state index in [4.69, 9.17) is 0 Å². The van der Waals surface area contributed by atoms with Gasteiger partial charge in [0.2, 0.25) is 0 Å². The van der Waals surface area contributed by atoms with Crippen LogP contribution >= 0.6 is 0 Å². The van der Waals surface area contributed by atoms with Gasteiger partial charge in [0.15, 0.2) is 5.82 Å². The van der Waals surface area contributed by atoms with Crippen molar-refractivity contribution < 1.29 is 0 Å². The quantitative estimate of drug-likeness (QED) is 0.525. The van der Waals surface area contributed by atoms with Gasteiger partial charge in [-0.25, -0.2) is 4.68 Å². The van der Waals surface area contributed by atoms with E-state index in [9.17, 15) is 4.79 Å². The molecule has 5 rings (SSSR count). The summed E-state index contributed by atoms with van der Waals surface area (Å²) in [4.78, 5) is 18.9. The molecule has 1 fully saturated rings. The average molecular weight is 398 g/mol. The third-order valence-electron chi connectivity index (χ3n) is 5.73. The van der Waals surface area contributed by atoms with Gasteiger partial charge in [-0.1, -0.05) is 24.3 Å². The van der Waals surface area contributed by atoms with Crippen LogP contribution in [0.25, 0.3) is 22.0 Å². The van der Waals surface area contributed by atoms with E-state index >= 15 is 0 Å². The third-order valence-corrected chi connectivity index (χ3v) is 5.73. The Morgan fingerprint density at radius 3 is 2.63 bits per heavy atom. The number of rotatable bonds is 4. The lowest BCUT2D eigenvalue weighted by Crippen LogP contribution is -2.37. The van der Waals surface area contributed by atoms with E-state index in [2.05, 4.69) is 37.3 Å². The minimum Gasteiger partial charge on any atom is -0.350 e. The molecule has 1 unspecified atom stereocenters. The zero-order chi connectivity index (χ0) is 20.5. The Balaban J connectivity index is 1.49. The number of pyridine rings is 1. The summed E-state index contributed by atoms with van der Waals surface area (Å²) in [5, 5.41) is 15.8. The molecule has 4 aromatic rings. The van der Waals surface area contributed by atoms with Crippen molar-refractivity contribution in [1.29, 1.82) is 0 Å². The van der Waals surface area contributed by atoms with E-state index in [1.807, 2.05) is 31.2 Å². The summed E-state index contributed by atoms with van der Waals surface area (Å²) in [5.74, 6) is 0.886. The first-order valence-corrected chi connectivity index (χ1v) is 10.2. The lowest BCUT2D eigenvalue weighted by Gasteiger charge is -2.26. The maximum Gasteiger partial charge on any atom is 0.266 e. The first-order chi connectivity index (χ1) is 14.7. The summed E-state index contributed by atoms with van der Waals surface area (Å²) < 4.78 is 1.57. The maximum absolute atomic E-state index is 12.5. The van der Waals surface area contributed by atoms with E-state index in [-0.39, 0.29) is 11.6 Å². The summed E-state index contributed by atoms with van der Waals surface area (Å²) in [5.41, 5.74) is 2.53. The largest absolute Gasteiger partial charge is 0.350 e. The molecular formula is C23H22N6O. The van der Waals surface area contributed by atoms with Gasteiger partial charge in [-0.3, -0.25) is 9.78 Å². The lowest BCUT2D eigenvalue weighted by molar-refractivity contribution is 0.488. The Morgan fingerprint density at radius 2 is 1.80 bits per heavy atom. The Kier molecular flexibility index (Phi) is 4.71. The molecule has 150 valence electrons. The van der Waals surface area contributed by atoms with Crippen LogP contribution in [-0.2, 0) is 6.54 Å². The Labute approximate surface area is 174 Å². The summed E-state index contributed by atoms with van der Waals surface area (Å²) in [7, 11) is 0. The smallest absolute Gasteiger partial charge is 0.266 e. The van der Waals surface area contributed by atoms with Gasteiger partial charge in [0.25, 0.3) is 5.56 Å². The lowest BCUT2D eigenvalue weighted by atomic mass is 10.1. The minimum atomic E-state index is -0.0977. The highest BCUT2D eigenvalue weighted by atomic mass is 16.1. The summed E-state index contributed by atoms with van der Waals surface area (Å²) in [6.07, 6.45) is 5.49. The van der Waals surface area contributed by atoms with Gasteiger partial charge in [0, 0.05) is 41.3 Å². The molecule has 1 aromatic carbocycles. The number of nitrogens with zero attached hydrogens (tertiary/aromatic N) is 6. The van der Waals surface area contributed by atoms with Gasteiger partial charge < -0.3 is 4.90 Å². The van der Waals surface area contributed by atoms with Crippen LogP contribution < -0.4 is 10.5 Å². The molecule has 0 bridgehead atoms. The molecule has 0 N–H and O–H groups in total. The van der Waals surface area contributed by atoms with Crippen molar-refractivity contribution in [3.8, 4) is 11.3 Å². The van der Waals surface area contributed by atoms with Crippen LogP contribution in [0.15, 0.2) is 65.7 Å². The predicted octanol–water partition coefficient (Wildman–Crippen LogP) is 3.23. The molecule has 0 saturated carbocycles. The fraction of sp³-hybridized carbons (Fsp3) is 0.261. The molecule has 3 aromatic heterocycles. The third kappa shape index (κ3) is 3.32. The maximum atomic E-state index is 12.5. The average Bonchev–Trinajstić information content (AvgIpc) is 3.24. The fourth-order valence-electron chi connectivity index (χ4n) is 4.20. The van der Waals surface area contributed by atoms with E-state index < -0.39 is 0 Å². The number of hydrogen-bond acceptors (Lipinski definition) is 6. The van der Waals surface area contributed by atoms with Crippen molar-refractivity contribution in [3.05, 3.63) is 77.0 Å². The predicted molar refractivity (Wildman–Crippen MR) is 116 cm³/mol. The van der Waals surface area contributed by atoms with Crippen LogP contribution in [-0.4, -0.2) is 37.5 Å². The number of hydrogen-bond donors (Lipinski definition) is 0. The molecule has 4 heterocycles. The Morgan fingerprint density at radius 1 is 1.00 bits per heavy atom. The first-order valence-electron chi connectivity index (χ1n) is 10.2. The van der Waals surface area contributed by atoms with Crippen molar-refractivity contribution in [3.63, 3.8) is 0 Å². The number of benzene rings is 1. The van der Waals surface area contributed by atoms with Crippen LogP contribution in [0.2, 0.25) is 0 Å². The molecule has 1 atom stereocenters. The van der Waals surface area contributed by atoms with Crippen LogP contribution in [0.3, 0.4) is 0 Å². The van der Waals surface area contributed by atoms with Crippen molar-refractivity contribution in [2.75, 3.05) is 11.4 Å². The second-order valence-corrected chi connectivity index (χ2v) is 7.62. The van der Waals surface area contributed by atoms with E-state index in [1.165, 1.54) is 0 Å². The Bertz CT molecular complexity index is 1250. The Hall–Kier alpha value is -3.61. The number of aryl methyl sites for hydroxylation is 1. The second-order valence-electron chi connectivity index (χ2n) is 7.62. The number of aromatic nitrogens is 5. The minimum absolute atomic E-state index is 0.0977. The highest BCUT2D eigenvalue weighted by Gasteiger charge is 2.28. The zero-order valence-electron chi connectivity index (χ0n) is 16.8. The topological polar surface area (TPSA) is 76.8 Å². The van der Waals surface area contributed by atoms with E-state index in [1.54, 1.807) is 29.2 Å². The van der Waals surface area contributed by atoms with Crippen LogP contribution in [0, 0.1) is 6.92 Å². The molecule has 0 aliphatic carbocycles. The van der Waals surface area contributed by atoms with Crippen LogP contribution in [0.5, 0.6) is 0 Å². The first kappa shape index (κ1) is 18.4. The van der Waals surface area contributed by atoms with Crippen LogP contribution in [0.1, 0.15) is 18.5 Å². The van der Waals surface area contributed by atoms with Crippen LogP contribution in [0.4, 0.5) is 5.82 Å². The number of anilines is 1. The van der Waals surface area contributed by atoms with Gasteiger partial charge >= 0.3 is 0 Å². The molecule has 0 radical (unpaired) electrons. The van der Waals surface area contributed by atoms with Crippen molar-refractivity contribution in [2.45, 2.75) is 32.4 Å². The van der Waals surface area contributed by atoms with E-state index in [0.29, 0.717) is 6.54 Å². The summed E-state index contributed by atoms with van der Waals surface area (Å²) >= 11 is 0. The normalized spacial score (nSPS) is 16.3. The molecule has 0 amide bonds. The van der Waals surface area contributed by atoms with Gasteiger partial charge in [-0.2, -0.15) is 10.2 Å². The second kappa shape index (κ2) is 7.67. The molecular weight excluding hydrogens is 376 g/mol. The van der Waals surface area contributed by atoms with Gasteiger partial charge in [-0.05, 0) is 38.0 Å². The van der Waals surface area contributed by atoms with Crippen molar-refractivity contribution in [2.24, 2.45) is 0 Å². The molecule has 7 heteroatoms.